The lowest BCUT2D eigenvalue weighted by Gasteiger charge is -2.31. The highest BCUT2D eigenvalue weighted by Crippen LogP contribution is 2.31. The van der Waals surface area contributed by atoms with Gasteiger partial charge in [0.2, 0.25) is 17.7 Å². The van der Waals surface area contributed by atoms with Gasteiger partial charge in [0.25, 0.3) is 0 Å². The van der Waals surface area contributed by atoms with Crippen molar-refractivity contribution in [2.24, 2.45) is 0 Å². The van der Waals surface area contributed by atoms with E-state index in [0.29, 0.717) is 18.5 Å². The lowest BCUT2D eigenvalue weighted by molar-refractivity contribution is -0.147. The van der Waals surface area contributed by atoms with Crippen molar-refractivity contribution >= 4 is 40.3 Å². The zero-order chi connectivity index (χ0) is 27.6. The van der Waals surface area contributed by atoms with Gasteiger partial charge in [-0.1, -0.05) is 36.4 Å². The minimum absolute atomic E-state index is 0.256. The van der Waals surface area contributed by atoms with E-state index in [9.17, 15) is 19.2 Å². The van der Waals surface area contributed by atoms with E-state index in [4.69, 9.17) is 9.47 Å². The number of carbonyl (C=O) groups excluding carboxylic acids is 4. The summed E-state index contributed by atoms with van der Waals surface area (Å²) in [5, 5.41) is 7.65. The van der Waals surface area contributed by atoms with Crippen LogP contribution < -0.4 is 10.6 Å². The predicted molar refractivity (Wildman–Crippen MR) is 142 cm³/mol. The summed E-state index contributed by atoms with van der Waals surface area (Å²) in [6.07, 6.45) is 0.0662. The Balaban J connectivity index is 1.45. The van der Waals surface area contributed by atoms with E-state index in [2.05, 4.69) is 10.6 Å². The molecule has 2 aromatic rings. The molecule has 38 heavy (non-hydrogen) atoms. The molecular weight excluding hydrogens is 488 g/mol. The van der Waals surface area contributed by atoms with E-state index < -0.39 is 42.0 Å². The molecule has 0 saturated carbocycles. The fourth-order valence-electron chi connectivity index (χ4n) is 4.77. The van der Waals surface area contributed by atoms with Crippen molar-refractivity contribution in [3.8, 4) is 0 Å². The molecule has 10 nitrogen and oxygen atoms in total. The molecular formula is C28H36N4O6. The van der Waals surface area contributed by atoms with Crippen molar-refractivity contribution in [1.82, 2.24) is 15.1 Å². The van der Waals surface area contributed by atoms with E-state index in [-0.39, 0.29) is 24.8 Å². The first-order chi connectivity index (χ1) is 18.0. The predicted octanol–water partition coefficient (Wildman–Crippen LogP) is 3.26. The molecule has 4 amide bonds. The molecule has 4 atom stereocenters. The Morgan fingerprint density at radius 1 is 1.08 bits per heavy atom. The molecule has 204 valence electrons. The molecule has 0 unspecified atom stereocenters. The minimum atomic E-state index is -0.882. The van der Waals surface area contributed by atoms with Crippen LogP contribution in [0.5, 0.6) is 0 Å². The number of hydrogen-bond donors (Lipinski definition) is 2. The second-order valence-corrected chi connectivity index (χ2v) is 10.8. The van der Waals surface area contributed by atoms with Gasteiger partial charge in [0.1, 0.15) is 30.0 Å². The Hall–Kier alpha value is -3.66. The summed E-state index contributed by atoms with van der Waals surface area (Å²) in [6, 6.07) is 10.9. The number of hydrogen-bond acceptors (Lipinski definition) is 6. The normalized spacial score (nSPS) is 22.3. The van der Waals surface area contributed by atoms with Gasteiger partial charge in [-0.05, 0) is 52.0 Å². The SMILES string of the molecule is C[C@@H](C(=O)N[C@H]1CCO[C@H]2CC[C@H](C(=O)Nc3cccc4ccccc34)N2C1=O)N(C)C(=O)OC(C)(C)C. The minimum Gasteiger partial charge on any atom is -0.444 e. The summed E-state index contributed by atoms with van der Waals surface area (Å²) in [5.74, 6) is -1.17. The molecule has 2 N–H and O–H groups in total. The van der Waals surface area contributed by atoms with Crippen LogP contribution in [0.4, 0.5) is 10.5 Å². The lowest BCUT2D eigenvalue weighted by Crippen LogP contribution is -2.56. The van der Waals surface area contributed by atoms with Crippen LogP contribution in [0, 0.1) is 0 Å². The van der Waals surface area contributed by atoms with Crippen LogP contribution in [-0.2, 0) is 23.9 Å². The first-order valence-electron chi connectivity index (χ1n) is 12.9. The third-order valence-electron chi connectivity index (χ3n) is 6.91. The monoisotopic (exact) mass is 524 g/mol. The van der Waals surface area contributed by atoms with Crippen LogP contribution in [0.1, 0.15) is 47.0 Å². The Labute approximate surface area is 222 Å². The van der Waals surface area contributed by atoms with Gasteiger partial charge >= 0.3 is 6.09 Å². The molecule has 0 aliphatic carbocycles. The number of fused-ring (bicyclic) bond motifs is 2. The van der Waals surface area contributed by atoms with Crippen LogP contribution in [0.2, 0.25) is 0 Å². The van der Waals surface area contributed by atoms with Gasteiger partial charge in [-0.3, -0.25) is 19.3 Å². The average Bonchev–Trinajstić information content (AvgIpc) is 3.23. The van der Waals surface area contributed by atoms with Crippen molar-refractivity contribution in [2.75, 3.05) is 19.0 Å². The van der Waals surface area contributed by atoms with Gasteiger partial charge in [0.15, 0.2) is 0 Å². The summed E-state index contributed by atoms with van der Waals surface area (Å²) in [7, 11) is 1.47. The number of rotatable bonds is 5. The van der Waals surface area contributed by atoms with Crippen LogP contribution in [-0.4, -0.2) is 77.2 Å². The molecule has 10 heteroatoms. The molecule has 2 aromatic carbocycles. The van der Waals surface area contributed by atoms with Crippen LogP contribution >= 0.6 is 0 Å². The number of carbonyl (C=O) groups is 4. The van der Waals surface area contributed by atoms with Crippen molar-refractivity contribution in [1.29, 1.82) is 0 Å². The van der Waals surface area contributed by atoms with Crippen molar-refractivity contribution in [3.63, 3.8) is 0 Å². The Morgan fingerprint density at radius 3 is 2.53 bits per heavy atom. The first kappa shape index (κ1) is 27.4. The first-order valence-corrected chi connectivity index (χ1v) is 12.9. The third kappa shape index (κ3) is 5.91. The molecule has 2 fully saturated rings. The van der Waals surface area contributed by atoms with Crippen LogP contribution in [0.25, 0.3) is 10.8 Å². The molecule has 0 radical (unpaired) electrons. The summed E-state index contributed by atoms with van der Waals surface area (Å²) in [6.45, 7) is 7.05. The maximum atomic E-state index is 13.6. The maximum Gasteiger partial charge on any atom is 0.410 e. The fourth-order valence-corrected chi connectivity index (χ4v) is 4.77. The fraction of sp³-hybridized carbons (Fsp3) is 0.500. The standard InChI is InChI=1S/C28H36N4O6/c1-17(31(5)27(36)38-28(2,3)4)24(33)30-21-15-16-37-23-14-13-22(32(23)26(21)35)25(34)29-20-12-8-10-18-9-6-7-11-19(18)20/h6-12,17,21-23H,13-16H2,1-5H3,(H,29,34)(H,30,33)/t17-,21-,22+,23-/m0/s1. The summed E-state index contributed by atoms with van der Waals surface area (Å²) in [5.41, 5.74) is -0.0358. The van der Waals surface area contributed by atoms with E-state index in [0.717, 1.165) is 10.8 Å². The number of amides is 4. The van der Waals surface area contributed by atoms with Crippen LogP contribution in [0.15, 0.2) is 42.5 Å². The average molecular weight is 525 g/mol. The molecule has 0 spiro atoms. The molecule has 2 saturated heterocycles. The zero-order valence-electron chi connectivity index (χ0n) is 22.5. The van der Waals surface area contributed by atoms with E-state index >= 15 is 0 Å². The number of ether oxygens (including phenoxy) is 2. The van der Waals surface area contributed by atoms with Gasteiger partial charge in [0, 0.05) is 24.5 Å². The van der Waals surface area contributed by atoms with E-state index in [1.807, 2.05) is 42.5 Å². The quantitative estimate of drug-likeness (QED) is 0.620. The topological polar surface area (TPSA) is 117 Å². The van der Waals surface area contributed by atoms with E-state index in [1.54, 1.807) is 27.7 Å². The van der Waals surface area contributed by atoms with Gasteiger partial charge in [0.05, 0.1) is 6.61 Å². The van der Waals surface area contributed by atoms with Gasteiger partial charge in [-0.15, -0.1) is 0 Å². The molecule has 0 bridgehead atoms. The lowest BCUT2D eigenvalue weighted by atomic mass is 10.1. The van der Waals surface area contributed by atoms with Crippen molar-refractivity contribution < 1.29 is 28.7 Å². The maximum absolute atomic E-state index is 13.6. The molecule has 0 aromatic heterocycles. The number of benzene rings is 2. The molecule has 2 aliphatic rings. The van der Waals surface area contributed by atoms with Gasteiger partial charge in [-0.2, -0.15) is 0 Å². The number of likely N-dealkylation sites (N-methyl/N-ethyl adjacent to an activating group) is 1. The smallest absolute Gasteiger partial charge is 0.410 e. The Morgan fingerprint density at radius 2 is 1.79 bits per heavy atom. The second kappa shape index (κ2) is 11.0. The van der Waals surface area contributed by atoms with Gasteiger partial charge < -0.3 is 25.0 Å². The molecule has 2 heterocycles. The number of anilines is 1. The number of nitrogens with one attached hydrogen (secondary N) is 2. The summed E-state index contributed by atoms with van der Waals surface area (Å²) in [4.78, 5) is 55.0. The van der Waals surface area contributed by atoms with Gasteiger partial charge in [-0.25, -0.2) is 4.79 Å². The van der Waals surface area contributed by atoms with E-state index in [1.165, 1.54) is 16.8 Å². The van der Waals surface area contributed by atoms with Crippen molar-refractivity contribution in [3.05, 3.63) is 42.5 Å². The Bertz CT molecular complexity index is 1220. The zero-order valence-corrected chi connectivity index (χ0v) is 22.5. The largest absolute Gasteiger partial charge is 0.444 e. The van der Waals surface area contributed by atoms with Crippen molar-refractivity contribution in [2.45, 2.75) is 76.9 Å². The molecule has 2 aliphatic heterocycles. The second-order valence-electron chi connectivity index (χ2n) is 10.8. The molecule has 4 rings (SSSR count). The highest BCUT2D eigenvalue weighted by Gasteiger charge is 2.46. The number of nitrogens with zero attached hydrogens (tertiary/aromatic N) is 2. The Kier molecular flexibility index (Phi) is 7.91. The van der Waals surface area contributed by atoms with Crippen LogP contribution in [0.3, 0.4) is 0 Å². The summed E-state index contributed by atoms with van der Waals surface area (Å²) >= 11 is 0. The highest BCUT2D eigenvalue weighted by molar-refractivity contribution is 6.05. The third-order valence-corrected chi connectivity index (χ3v) is 6.91. The summed E-state index contributed by atoms with van der Waals surface area (Å²) < 4.78 is 11.2. The highest BCUT2D eigenvalue weighted by atomic mass is 16.6.